The summed E-state index contributed by atoms with van der Waals surface area (Å²) in [6.07, 6.45) is 3.34. The van der Waals surface area contributed by atoms with Crippen LogP contribution in [0.25, 0.3) is 0 Å². The minimum absolute atomic E-state index is 0.0382. The van der Waals surface area contributed by atoms with Crippen molar-refractivity contribution in [1.29, 1.82) is 0 Å². The van der Waals surface area contributed by atoms with Crippen molar-refractivity contribution >= 4 is 29.5 Å². The van der Waals surface area contributed by atoms with E-state index in [-0.39, 0.29) is 21.9 Å². The quantitative estimate of drug-likeness (QED) is 0.673. The van der Waals surface area contributed by atoms with E-state index in [9.17, 15) is 9.90 Å². The SMILES string of the molecule is O=C1O[C@@H](O)[C@H]2CC3(CC[C@@H]12)SCCCS3. The van der Waals surface area contributed by atoms with Gasteiger partial charge in [-0.15, -0.1) is 23.5 Å². The lowest BCUT2D eigenvalue weighted by Crippen LogP contribution is -2.38. The highest BCUT2D eigenvalue weighted by molar-refractivity contribution is 8.18. The van der Waals surface area contributed by atoms with Crippen LogP contribution in [0.2, 0.25) is 0 Å². The molecule has 3 nitrogen and oxygen atoms in total. The van der Waals surface area contributed by atoms with E-state index in [4.69, 9.17) is 4.74 Å². The summed E-state index contributed by atoms with van der Waals surface area (Å²) in [5, 5.41) is 9.75. The number of aliphatic hydroxyl groups is 1. The molecule has 0 aromatic carbocycles. The number of aliphatic hydroxyl groups excluding tert-OH is 1. The number of ether oxygens (including phenoxy) is 1. The molecule has 2 heterocycles. The number of fused-ring (bicyclic) bond motifs is 1. The summed E-state index contributed by atoms with van der Waals surface area (Å²) in [5.41, 5.74) is 0. The molecule has 3 rings (SSSR count). The molecule has 0 bridgehead atoms. The summed E-state index contributed by atoms with van der Waals surface area (Å²) < 4.78 is 5.20. The number of esters is 1. The van der Waals surface area contributed by atoms with E-state index in [1.54, 1.807) is 0 Å². The van der Waals surface area contributed by atoms with Gasteiger partial charge in [0.25, 0.3) is 0 Å². The Labute approximate surface area is 104 Å². The molecule has 0 aromatic heterocycles. The van der Waals surface area contributed by atoms with Gasteiger partial charge in [0.15, 0.2) is 0 Å². The highest BCUT2D eigenvalue weighted by Crippen LogP contribution is 2.56. The first kappa shape index (κ1) is 11.2. The Hall–Kier alpha value is 0.130. The van der Waals surface area contributed by atoms with E-state index in [1.165, 1.54) is 17.9 Å². The third-order valence-electron chi connectivity index (χ3n) is 3.82. The lowest BCUT2D eigenvalue weighted by Gasteiger charge is -2.42. The number of carbonyl (C=O) groups excluding carboxylic acids is 1. The van der Waals surface area contributed by atoms with Crippen molar-refractivity contribution in [1.82, 2.24) is 0 Å². The summed E-state index contributed by atoms with van der Waals surface area (Å²) in [7, 11) is 0. The zero-order valence-electron chi connectivity index (χ0n) is 9.05. The van der Waals surface area contributed by atoms with E-state index in [2.05, 4.69) is 0 Å². The molecule has 0 aromatic rings. The Kier molecular flexibility index (Phi) is 2.88. The number of carbonyl (C=O) groups is 1. The summed E-state index contributed by atoms with van der Waals surface area (Å²) in [4.78, 5) is 11.5. The Balaban J connectivity index is 1.76. The molecule has 1 N–H and O–H groups in total. The Morgan fingerprint density at radius 1 is 1.38 bits per heavy atom. The van der Waals surface area contributed by atoms with Gasteiger partial charge in [-0.25, -0.2) is 0 Å². The maximum absolute atomic E-state index is 11.5. The molecule has 3 aliphatic rings. The van der Waals surface area contributed by atoms with Gasteiger partial charge in [0, 0.05) is 5.92 Å². The average molecular weight is 260 g/mol. The van der Waals surface area contributed by atoms with Gasteiger partial charge in [0.2, 0.25) is 6.29 Å². The third kappa shape index (κ3) is 1.77. The molecule has 2 aliphatic heterocycles. The zero-order valence-corrected chi connectivity index (χ0v) is 10.7. The monoisotopic (exact) mass is 260 g/mol. The highest BCUT2D eigenvalue weighted by atomic mass is 32.2. The zero-order chi connectivity index (χ0) is 11.2. The average Bonchev–Trinajstić information content (AvgIpc) is 2.55. The number of hydrogen-bond donors (Lipinski definition) is 1. The fourth-order valence-corrected chi connectivity index (χ4v) is 6.44. The smallest absolute Gasteiger partial charge is 0.311 e. The molecule has 90 valence electrons. The van der Waals surface area contributed by atoms with Crippen molar-refractivity contribution < 1.29 is 14.6 Å². The molecule has 2 saturated heterocycles. The van der Waals surface area contributed by atoms with E-state index in [0.29, 0.717) is 0 Å². The van der Waals surface area contributed by atoms with Crippen LogP contribution in [0.3, 0.4) is 0 Å². The van der Waals surface area contributed by atoms with Crippen LogP contribution in [0.1, 0.15) is 25.7 Å². The fraction of sp³-hybridized carbons (Fsp3) is 0.909. The van der Waals surface area contributed by atoms with Crippen molar-refractivity contribution in [3.8, 4) is 0 Å². The molecule has 0 unspecified atom stereocenters. The number of cyclic esters (lactones) is 1. The number of thioether (sulfide) groups is 2. The molecule has 5 heteroatoms. The van der Waals surface area contributed by atoms with E-state index in [1.807, 2.05) is 23.5 Å². The van der Waals surface area contributed by atoms with Crippen LogP contribution in [0, 0.1) is 11.8 Å². The van der Waals surface area contributed by atoms with Crippen molar-refractivity contribution in [2.75, 3.05) is 11.5 Å². The molecule has 0 radical (unpaired) electrons. The second-order valence-electron chi connectivity index (χ2n) is 4.80. The third-order valence-corrected chi connectivity index (χ3v) is 7.31. The first-order valence-corrected chi connectivity index (χ1v) is 7.84. The summed E-state index contributed by atoms with van der Waals surface area (Å²) >= 11 is 4.05. The van der Waals surface area contributed by atoms with Gasteiger partial charge in [0.1, 0.15) is 0 Å². The molecule has 1 spiro atoms. The molecular formula is C11H16O3S2. The van der Waals surface area contributed by atoms with Crippen molar-refractivity contribution in [2.24, 2.45) is 11.8 Å². The van der Waals surface area contributed by atoms with Gasteiger partial charge in [-0.3, -0.25) is 4.79 Å². The molecule has 1 saturated carbocycles. The second kappa shape index (κ2) is 4.10. The highest BCUT2D eigenvalue weighted by Gasteiger charge is 2.52. The van der Waals surface area contributed by atoms with Gasteiger partial charge in [-0.2, -0.15) is 0 Å². The Morgan fingerprint density at radius 2 is 2.12 bits per heavy atom. The van der Waals surface area contributed by atoms with E-state index >= 15 is 0 Å². The molecule has 1 aliphatic carbocycles. The van der Waals surface area contributed by atoms with Crippen LogP contribution < -0.4 is 0 Å². The normalized spacial score (nSPS) is 41.8. The predicted octanol–water partition coefficient (Wildman–Crippen LogP) is 1.84. The Morgan fingerprint density at radius 3 is 2.88 bits per heavy atom. The summed E-state index contributed by atoms with van der Waals surface area (Å²) in [6.45, 7) is 0. The molecule has 16 heavy (non-hydrogen) atoms. The maximum atomic E-state index is 11.5. The lowest BCUT2D eigenvalue weighted by atomic mass is 9.80. The molecular weight excluding hydrogens is 244 g/mol. The van der Waals surface area contributed by atoms with Crippen LogP contribution in [-0.4, -0.2) is 33.0 Å². The molecule has 3 fully saturated rings. The minimum atomic E-state index is -0.849. The van der Waals surface area contributed by atoms with Gasteiger partial charge in [-0.1, -0.05) is 0 Å². The van der Waals surface area contributed by atoms with Crippen LogP contribution in [-0.2, 0) is 9.53 Å². The fourth-order valence-electron chi connectivity index (χ4n) is 2.96. The molecule has 0 amide bonds. The van der Waals surface area contributed by atoms with E-state index in [0.717, 1.165) is 19.3 Å². The first-order valence-electron chi connectivity index (χ1n) is 5.87. The van der Waals surface area contributed by atoms with Crippen LogP contribution in [0.15, 0.2) is 0 Å². The molecule has 3 atom stereocenters. The topological polar surface area (TPSA) is 46.5 Å². The predicted molar refractivity (Wildman–Crippen MR) is 65.2 cm³/mol. The minimum Gasteiger partial charge on any atom is -0.435 e. The standard InChI is InChI=1S/C11H16O3S2/c12-9-7-2-3-11(15-4-1-5-16-11)6-8(7)10(13)14-9/h7-8,10,13H,1-6H2/t7-,8+,10-/m1/s1. The number of hydrogen-bond acceptors (Lipinski definition) is 5. The van der Waals surface area contributed by atoms with Crippen LogP contribution >= 0.6 is 23.5 Å². The maximum Gasteiger partial charge on any atom is 0.311 e. The van der Waals surface area contributed by atoms with Crippen LogP contribution in [0.4, 0.5) is 0 Å². The number of rotatable bonds is 0. The largest absolute Gasteiger partial charge is 0.435 e. The summed E-state index contributed by atoms with van der Waals surface area (Å²) in [6, 6.07) is 0. The summed E-state index contributed by atoms with van der Waals surface area (Å²) in [5.74, 6) is 2.26. The Bertz CT molecular complexity index is 302. The van der Waals surface area contributed by atoms with Gasteiger partial charge in [-0.05, 0) is 37.2 Å². The first-order chi connectivity index (χ1) is 7.70. The van der Waals surface area contributed by atoms with Crippen LogP contribution in [0.5, 0.6) is 0 Å². The second-order valence-corrected chi connectivity index (χ2v) is 8.02. The van der Waals surface area contributed by atoms with Crippen molar-refractivity contribution in [3.05, 3.63) is 0 Å². The lowest BCUT2D eigenvalue weighted by molar-refractivity contribution is -0.156. The van der Waals surface area contributed by atoms with Gasteiger partial charge in [0.05, 0.1) is 10.00 Å². The van der Waals surface area contributed by atoms with Gasteiger partial charge >= 0.3 is 5.97 Å². The van der Waals surface area contributed by atoms with E-state index < -0.39 is 6.29 Å². The van der Waals surface area contributed by atoms with Crippen molar-refractivity contribution in [2.45, 2.75) is 36.1 Å². The van der Waals surface area contributed by atoms with Crippen molar-refractivity contribution in [3.63, 3.8) is 0 Å². The van der Waals surface area contributed by atoms with Gasteiger partial charge < -0.3 is 9.84 Å².